The summed E-state index contributed by atoms with van der Waals surface area (Å²) in [6.07, 6.45) is 6.92. The van der Waals surface area contributed by atoms with E-state index in [0.29, 0.717) is 11.9 Å². The van der Waals surface area contributed by atoms with Crippen molar-refractivity contribution in [1.82, 2.24) is 9.55 Å². The van der Waals surface area contributed by atoms with Crippen molar-refractivity contribution < 1.29 is 0 Å². The van der Waals surface area contributed by atoms with Gasteiger partial charge in [-0.05, 0) is 37.7 Å². The summed E-state index contributed by atoms with van der Waals surface area (Å²) in [6, 6.07) is 9.05. The molecule has 1 aromatic carbocycles. The Morgan fingerprint density at radius 2 is 2.21 bits per heavy atom. The van der Waals surface area contributed by atoms with Crippen molar-refractivity contribution in [1.29, 1.82) is 0 Å². The van der Waals surface area contributed by atoms with Gasteiger partial charge in [-0.15, -0.1) is 11.6 Å². The highest BCUT2D eigenvalue weighted by Crippen LogP contribution is 2.38. The molecule has 0 radical (unpaired) electrons. The lowest BCUT2D eigenvalue weighted by Gasteiger charge is -2.16. The Morgan fingerprint density at radius 3 is 2.95 bits per heavy atom. The number of hydrogen-bond donors (Lipinski definition) is 0. The van der Waals surface area contributed by atoms with Crippen LogP contribution in [0.25, 0.3) is 11.0 Å². The lowest BCUT2D eigenvalue weighted by atomic mass is 10.2. The summed E-state index contributed by atoms with van der Waals surface area (Å²) in [5.41, 5.74) is 2.38. The number of halogens is 1. The van der Waals surface area contributed by atoms with Gasteiger partial charge in [-0.1, -0.05) is 12.1 Å². The molecule has 2 atom stereocenters. The van der Waals surface area contributed by atoms with Crippen molar-refractivity contribution in [3.63, 3.8) is 0 Å². The minimum atomic E-state index is 0.600. The second-order valence-electron chi connectivity index (χ2n) is 5.15. The van der Waals surface area contributed by atoms with E-state index in [2.05, 4.69) is 35.1 Å². The monoisotopic (exact) mass is 294 g/mol. The molecule has 0 spiro atoms. The Morgan fingerprint density at radius 1 is 1.37 bits per heavy atom. The standard InChI is InChI=1S/C15H19ClN2S/c1-19-12-7-6-11(10-12)18-14-5-3-2-4-13(14)17-15(18)8-9-16/h2-5,11-12H,6-10H2,1H3. The van der Waals surface area contributed by atoms with E-state index < -0.39 is 0 Å². The Bertz CT molecular complexity index is 566. The molecule has 1 aliphatic rings. The van der Waals surface area contributed by atoms with Crippen LogP contribution in [0, 0.1) is 0 Å². The first kappa shape index (κ1) is 13.3. The van der Waals surface area contributed by atoms with Gasteiger partial charge in [-0.3, -0.25) is 0 Å². The van der Waals surface area contributed by atoms with Crippen molar-refractivity contribution >= 4 is 34.4 Å². The summed E-state index contributed by atoms with van der Waals surface area (Å²) in [5, 5.41) is 0.801. The molecule has 0 aliphatic heterocycles. The number of benzene rings is 1. The lowest BCUT2D eigenvalue weighted by Crippen LogP contribution is -2.10. The summed E-state index contributed by atoms with van der Waals surface area (Å²) >= 11 is 7.94. The minimum absolute atomic E-state index is 0.600. The van der Waals surface area contributed by atoms with Crippen LogP contribution in [-0.2, 0) is 6.42 Å². The third kappa shape index (κ3) is 2.50. The van der Waals surface area contributed by atoms with Crippen molar-refractivity contribution in [3.8, 4) is 0 Å². The van der Waals surface area contributed by atoms with Gasteiger partial charge in [-0.25, -0.2) is 4.98 Å². The molecule has 2 nitrogen and oxygen atoms in total. The molecule has 19 heavy (non-hydrogen) atoms. The van der Waals surface area contributed by atoms with E-state index in [0.717, 1.165) is 23.0 Å². The highest BCUT2D eigenvalue weighted by atomic mass is 35.5. The fourth-order valence-electron chi connectivity index (χ4n) is 3.13. The normalized spacial score (nSPS) is 23.3. The van der Waals surface area contributed by atoms with E-state index in [1.54, 1.807) is 0 Å². The summed E-state index contributed by atoms with van der Waals surface area (Å²) in [5.74, 6) is 1.80. The molecule has 2 unspecified atom stereocenters. The van der Waals surface area contributed by atoms with E-state index >= 15 is 0 Å². The molecule has 4 heteroatoms. The maximum atomic E-state index is 5.94. The molecule has 0 saturated heterocycles. The zero-order valence-electron chi connectivity index (χ0n) is 11.2. The number of aryl methyl sites for hydroxylation is 1. The SMILES string of the molecule is CSC1CCC(n2c(CCCl)nc3ccccc32)C1. The molecule has 102 valence electrons. The van der Waals surface area contributed by atoms with Crippen LogP contribution >= 0.6 is 23.4 Å². The van der Waals surface area contributed by atoms with Crippen LogP contribution in [0.2, 0.25) is 0 Å². The van der Waals surface area contributed by atoms with Crippen LogP contribution in [0.5, 0.6) is 0 Å². The zero-order valence-corrected chi connectivity index (χ0v) is 12.8. The van der Waals surface area contributed by atoms with Crippen molar-refractivity contribution in [2.75, 3.05) is 12.1 Å². The topological polar surface area (TPSA) is 17.8 Å². The highest BCUT2D eigenvalue weighted by molar-refractivity contribution is 7.99. The summed E-state index contributed by atoms with van der Waals surface area (Å²) < 4.78 is 2.45. The van der Waals surface area contributed by atoms with Gasteiger partial charge in [0.1, 0.15) is 5.82 Å². The van der Waals surface area contributed by atoms with Gasteiger partial charge in [0.05, 0.1) is 11.0 Å². The number of nitrogens with zero attached hydrogens (tertiary/aromatic N) is 2. The predicted octanol–water partition coefficient (Wildman–Crippen LogP) is 4.27. The molecular formula is C15H19ClN2S. The molecular weight excluding hydrogens is 276 g/mol. The first-order valence-corrected chi connectivity index (χ1v) is 8.70. The molecule has 1 fully saturated rings. The number of aromatic nitrogens is 2. The van der Waals surface area contributed by atoms with Crippen molar-refractivity contribution in [3.05, 3.63) is 30.1 Å². The van der Waals surface area contributed by atoms with Gasteiger partial charge >= 0.3 is 0 Å². The number of thioether (sulfide) groups is 1. The molecule has 2 aromatic rings. The van der Waals surface area contributed by atoms with Gasteiger partial charge in [0, 0.05) is 23.6 Å². The summed E-state index contributed by atoms with van der Waals surface area (Å²) in [4.78, 5) is 4.77. The first-order chi connectivity index (χ1) is 9.33. The lowest BCUT2D eigenvalue weighted by molar-refractivity contribution is 0.514. The van der Waals surface area contributed by atoms with E-state index in [9.17, 15) is 0 Å². The van der Waals surface area contributed by atoms with Crippen LogP contribution in [0.3, 0.4) is 0 Å². The highest BCUT2D eigenvalue weighted by Gasteiger charge is 2.28. The van der Waals surface area contributed by atoms with Gasteiger partial charge in [0.2, 0.25) is 0 Å². The average Bonchev–Trinajstić information content (AvgIpc) is 3.02. The van der Waals surface area contributed by atoms with Crippen LogP contribution in [-0.4, -0.2) is 26.9 Å². The van der Waals surface area contributed by atoms with Crippen LogP contribution in [0.4, 0.5) is 0 Å². The van der Waals surface area contributed by atoms with Gasteiger partial charge in [-0.2, -0.15) is 11.8 Å². The van der Waals surface area contributed by atoms with Crippen LogP contribution in [0.15, 0.2) is 24.3 Å². The zero-order chi connectivity index (χ0) is 13.2. The van der Waals surface area contributed by atoms with Crippen molar-refractivity contribution in [2.24, 2.45) is 0 Å². The number of rotatable bonds is 4. The van der Waals surface area contributed by atoms with Crippen LogP contribution in [0.1, 0.15) is 31.1 Å². The molecule has 0 N–H and O–H groups in total. The second kappa shape index (κ2) is 5.76. The van der Waals surface area contributed by atoms with E-state index in [1.165, 1.54) is 24.8 Å². The number of imidazole rings is 1. The first-order valence-electron chi connectivity index (χ1n) is 6.88. The van der Waals surface area contributed by atoms with Gasteiger partial charge < -0.3 is 4.57 Å². The Balaban J connectivity index is 2.02. The molecule has 3 rings (SSSR count). The second-order valence-corrected chi connectivity index (χ2v) is 6.67. The number of alkyl halides is 1. The maximum Gasteiger partial charge on any atom is 0.111 e. The third-order valence-corrected chi connectivity index (χ3v) is 5.33. The smallest absolute Gasteiger partial charge is 0.111 e. The van der Waals surface area contributed by atoms with E-state index in [1.807, 2.05) is 11.8 Å². The Hall–Kier alpha value is -0.670. The van der Waals surface area contributed by atoms with Gasteiger partial charge in [0.25, 0.3) is 0 Å². The number of fused-ring (bicyclic) bond motifs is 1. The number of hydrogen-bond acceptors (Lipinski definition) is 2. The fourth-order valence-corrected chi connectivity index (χ4v) is 4.08. The minimum Gasteiger partial charge on any atom is -0.325 e. The quantitative estimate of drug-likeness (QED) is 0.784. The Kier molecular flexibility index (Phi) is 4.04. The third-order valence-electron chi connectivity index (χ3n) is 4.04. The van der Waals surface area contributed by atoms with Crippen molar-refractivity contribution in [2.45, 2.75) is 37.0 Å². The predicted molar refractivity (Wildman–Crippen MR) is 84.3 cm³/mol. The fraction of sp³-hybridized carbons (Fsp3) is 0.533. The molecule has 0 bridgehead atoms. The number of para-hydroxylation sites is 2. The van der Waals surface area contributed by atoms with E-state index in [4.69, 9.17) is 16.6 Å². The summed E-state index contributed by atoms with van der Waals surface area (Å²) in [6.45, 7) is 0. The molecule has 1 heterocycles. The molecule has 1 aliphatic carbocycles. The Labute approximate surface area is 123 Å². The average molecular weight is 295 g/mol. The maximum absolute atomic E-state index is 5.94. The molecule has 0 amide bonds. The molecule has 1 saturated carbocycles. The largest absolute Gasteiger partial charge is 0.325 e. The molecule has 1 aromatic heterocycles. The van der Waals surface area contributed by atoms with Crippen LogP contribution < -0.4 is 0 Å². The summed E-state index contributed by atoms with van der Waals surface area (Å²) in [7, 11) is 0. The van der Waals surface area contributed by atoms with E-state index in [-0.39, 0.29) is 0 Å². The van der Waals surface area contributed by atoms with Gasteiger partial charge in [0.15, 0.2) is 0 Å².